The van der Waals surface area contributed by atoms with Crippen molar-refractivity contribution < 1.29 is 38.1 Å². The zero-order chi connectivity index (χ0) is 30.6. The topological polar surface area (TPSA) is 107 Å². The molecule has 0 bridgehead atoms. The monoisotopic (exact) mass is 581 g/mol. The van der Waals surface area contributed by atoms with Crippen molar-refractivity contribution in [1.82, 2.24) is 14.7 Å². The van der Waals surface area contributed by atoms with E-state index in [1.165, 1.54) is 31.1 Å². The summed E-state index contributed by atoms with van der Waals surface area (Å²) < 4.78 is 27.2. The first-order valence-corrected chi connectivity index (χ1v) is 13.7. The summed E-state index contributed by atoms with van der Waals surface area (Å²) in [5.41, 5.74) is 2.93. The summed E-state index contributed by atoms with van der Waals surface area (Å²) in [7, 11) is 10.9. The standard InChI is InChI=1S/C31H39N3O8/c1-32(2)31(37)23-18-33(11-12-34(23)30(36)22-16-26(40-5)28(42-7)27(17-22)41-6)29(35)20-10-8-9-19-14-24(38-3)25(39-4)15-21(19)13-20/h13-17,23H,8-12,18H2,1-7H3. The van der Waals surface area contributed by atoms with E-state index in [0.717, 1.165) is 24.0 Å². The number of aryl methyl sites for hydroxylation is 1. The van der Waals surface area contributed by atoms with Gasteiger partial charge in [-0.05, 0) is 60.7 Å². The van der Waals surface area contributed by atoms with E-state index in [4.69, 9.17) is 23.7 Å². The Labute approximate surface area is 246 Å². The van der Waals surface area contributed by atoms with Crippen molar-refractivity contribution in [3.8, 4) is 28.7 Å². The third-order valence-corrected chi connectivity index (χ3v) is 7.71. The van der Waals surface area contributed by atoms with E-state index in [2.05, 4.69) is 0 Å². The van der Waals surface area contributed by atoms with Gasteiger partial charge in [0.2, 0.25) is 17.6 Å². The molecule has 42 heavy (non-hydrogen) atoms. The van der Waals surface area contributed by atoms with E-state index in [1.54, 1.807) is 45.3 Å². The number of benzene rings is 2. The number of carbonyl (C=O) groups excluding carboxylic acids is 3. The number of rotatable bonds is 8. The molecule has 0 saturated carbocycles. The molecule has 0 spiro atoms. The number of piperazine rings is 1. The number of carbonyl (C=O) groups is 3. The van der Waals surface area contributed by atoms with Gasteiger partial charge in [-0.15, -0.1) is 0 Å². The summed E-state index contributed by atoms with van der Waals surface area (Å²) in [6.07, 6.45) is 4.08. The molecule has 3 amide bonds. The highest BCUT2D eigenvalue weighted by molar-refractivity contribution is 6.01. The Hall–Kier alpha value is -4.41. The molecule has 1 aliphatic heterocycles. The molecule has 2 aromatic rings. The van der Waals surface area contributed by atoms with Gasteiger partial charge in [-0.2, -0.15) is 0 Å². The predicted molar refractivity (Wildman–Crippen MR) is 157 cm³/mol. The normalized spacial score (nSPS) is 16.5. The molecule has 226 valence electrons. The van der Waals surface area contributed by atoms with Crippen molar-refractivity contribution in [2.75, 3.05) is 69.3 Å². The fourth-order valence-corrected chi connectivity index (χ4v) is 5.48. The Balaban J connectivity index is 1.63. The minimum atomic E-state index is -0.868. The molecular weight excluding hydrogens is 542 g/mol. The van der Waals surface area contributed by atoms with Crippen LogP contribution >= 0.6 is 0 Å². The molecule has 4 rings (SSSR count). The average molecular weight is 582 g/mol. The second kappa shape index (κ2) is 13.1. The molecule has 1 unspecified atom stereocenters. The molecule has 1 saturated heterocycles. The maximum atomic E-state index is 13.8. The number of hydrogen-bond donors (Lipinski definition) is 0. The van der Waals surface area contributed by atoms with Crippen LogP contribution in [0.1, 0.15) is 34.3 Å². The first-order valence-electron chi connectivity index (χ1n) is 13.7. The summed E-state index contributed by atoms with van der Waals surface area (Å²) in [6, 6.07) is 6.11. The van der Waals surface area contributed by atoms with E-state index in [0.29, 0.717) is 40.7 Å². The quantitative estimate of drug-likeness (QED) is 0.469. The predicted octanol–water partition coefficient (Wildman–Crippen LogP) is 2.89. The number of ether oxygens (including phenoxy) is 5. The number of likely N-dealkylation sites (N-methyl/N-ethyl adjacent to an activating group) is 1. The molecule has 1 heterocycles. The van der Waals surface area contributed by atoms with E-state index in [9.17, 15) is 14.4 Å². The van der Waals surface area contributed by atoms with Crippen LogP contribution in [0.2, 0.25) is 0 Å². The number of amides is 3. The maximum Gasteiger partial charge on any atom is 0.254 e. The van der Waals surface area contributed by atoms with Gasteiger partial charge in [-0.1, -0.05) is 0 Å². The van der Waals surface area contributed by atoms with Crippen LogP contribution in [0.4, 0.5) is 0 Å². The molecule has 11 nitrogen and oxygen atoms in total. The Kier molecular flexibility index (Phi) is 9.49. The molecule has 11 heteroatoms. The Morgan fingerprint density at radius 2 is 1.38 bits per heavy atom. The van der Waals surface area contributed by atoms with E-state index in [-0.39, 0.29) is 42.9 Å². The minimum Gasteiger partial charge on any atom is -0.493 e. The zero-order valence-corrected chi connectivity index (χ0v) is 25.3. The van der Waals surface area contributed by atoms with Gasteiger partial charge in [0, 0.05) is 38.3 Å². The van der Waals surface area contributed by atoms with E-state index < -0.39 is 6.04 Å². The molecule has 1 fully saturated rings. The van der Waals surface area contributed by atoms with Crippen molar-refractivity contribution in [1.29, 1.82) is 0 Å². The number of nitrogens with zero attached hydrogens (tertiary/aromatic N) is 3. The van der Waals surface area contributed by atoms with Crippen molar-refractivity contribution >= 4 is 23.8 Å². The number of methoxy groups -OCH3 is 5. The van der Waals surface area contributed by atoms with Gasteiger partial charge >= 0.3 is 0 Å². The van der Waals surface area contributed by atoms with Crippen molar-refractivity contribution in [3.63, 3.8) is 0 Å². The first-order chi connectivity index (χ1) is 20.2. The summed E-state index contributed by atoms with van der Waals surface area (Å²) in [6.45, 7) is 0.533. The molecule has 1 aliphatic carbocycles. The van der Waals surface area contributed by atoms with Gasteiger partial charge in [0.1, 0.15) is 6.04 Å². The summed E-state index contributed by atoms with van der Waals surface area (Å²) in [5, 5.41) is 0. The lowest BCUT2D eigenvalue weighted by Crippen LogP contribution is -2.61. The van der Waals surface area contributed by atoms with Gasteiger partial charge in [0.15, 0.2) is 23.0 Å². The lowest BCUT2D eigenvalue weighted by atomic mass is 10.0. The minimum absolute atomic E-state index is 0.0716. The average Bonchev–Trinajstić information content (AvgIpc) is 3.23. The fraction of sp³-hybridized carbons (Fsp3) is 0.452. The van der Waals surface area contributed by atoms with Gasteiger partial charge in [0.25, 0.3) is 5.91 Å². The van der Waals surface area contributed by atoms with Crippen LogP contribution in [0.5, 0.6) is 28.7 Å². The second-order valence-corrected chi connectivity index (χ2v) is 10.3. The lowest BCUT2D eigenvalue weighted by Gasteiger charge is -2.41. The van der Waals surface area contributed by atoms with Crippen LogP contribution in [-0.4, -0.2) is 108 Å². The number of fused-ring (bicyclic) bond motifs is 1. The molecule has 0 aromatic heterocycles. The largest absolute Gasteiger partial charge is 0.493 e. The van der Waals surface area contributed by atoms with E-state index >= 15 is 0 Å². The van der Waals surface area contributed by atoms with Crippen LogP contribution < -0.4 is 23.7 Å². The van der Waals surface area contributed by atoms with Crippen molar-refractivity contribution in [2.24, 2.45) is 0 Å². The van der Waals surface area contributed by atoms with Crippen molar-refractivity contribution in [2.45, 2.75) is 25.3 Å². The molecule has 0 radical (unpaired) electrons. The zero-order valence-electron chi connectivity index (χ0n) is 25.3. The highest BCUT2D eigenvalue weighted by Crippen LogP contribution is 2.39. The highest BCUT2D eigenvalue weighted by Gasteiger charge is 2.39. The Bertz CT molecular complexity index is 1360. The smallest absolute Gasteiger partial charge is 0.254 e. The van der Waals surface area contributed by atoms with Gasteiger partial charge in [-0.25, -0.2) is 0 Å². The highest BCUT2D eigenvalue weighted by atomic mass is 16.5. The SMILES string of the molecule is COc1cc2c(cc1OC)CCCC(C(=O)N1CCN(C(=O)c3cc(OC)c(OC)c(OC)c3)C(C(=O)N(C)C)C1)=C2. The molecular formula is C31H39N3O8. The van der Waals surface area contributed by atoms with Crippen LogP contribution in [0, 0.1) is 0 Å². The van der Waals surface area contributed by atoms with Gasteiger partial charge in [0.05, 0.1) is 42.1 Å². The van der Waals surface area contributed by atoms with E-state index in [1.807, 2.05) is 18.2 Å². The van der Waals surface area contributed by atoms with Crippen LogP contribution in [-0.2, 0) is 16.0 Å². The Morgan fingerprint density at radius 1 is 0.762 bits per heavy atom. The maximum absolute atomic E-state index is 13.8. The van der Waals surface area contributed by atoms with Gasteiger partial charge in [-0.3, -0.25) is 14.4 Å². The molecule has 2 aromatic carbocycles. The molecule has 0 N–H and O–H groups in total. The fourth-order valence-electron chi connectivity index (χ4n) is 5.48. The molecule has 2 aliphatic rings. The first kappa shape index (κ1) is 30.5. The summed E-state index contributed by atoms with van der Waals surface area (Å²) >= 11 is 0. The summed E-state index contributed by atoms with van der Waals surface area (Å²) in [5.74, 6) is 1.49. The van der Waals surface area contributed by atoms with Crippen LogP contribution in [0.3, 0.4) is 0 Å². The van der Waals surface area contributed by atoms with Crippen LogP contribution in [0.25, 0.3) is 6.08 Å². The van der Waals surface area contributed by atoms with Gasteiger partial charge < -0.3 is 38.4 Å². The van der Waals surface area contributed by atoms with Crippen molar-refractivity contribution in [3.05, 3.63) is 46.5 Å². The molecule has 1 atom stereocenters. The lowest BCUT2D eigenvalue weighted by molar-refractivity contribution is -0.139. The third kappa shape index (κ3) is 5.95. The summed E-state index contributed by atoms with van der Waals surface area (Å²) in [4.78, 5) is 45.6. The second-order valence-electron chi connectivity index (χ2n) is 10.3. The number of hydrogen-bond acceptors (Lipinski definition) is 8. The van der Waals surface area contributed by atoms with Crippen LogP contribution in [0.15, 0.2) is 29.8 Å². The Morgan fingerprint density at radius 3 is 1.95 bits per heavy atom. The third-order valence-electron chi connectivity index (χ3n) is 7.71.